The van der Waals surface area contributed by atoms with Crippen LogP contribution in [-0.2, 0) is 6.18 Å². The number of hydrogen-bond acceptors (Lipinski definition) is 5. The van der Waals surface area contributed by atoms with Gasteiger partial charge in [0.2, 0.25) is 5.95 Å². The molecule has 6 nitrogen and oxygen atoms in total. The zero-order valence-electron chi connectivity index (χ0n) is 15.6. The van der Waals surface area contributed by atoms with Crippen LogP contribution in [0.15, 0.2) is 17.3 Å². The van der Waals surface area contributed by atoms with Crippen molar-refractivity contribution in [3.8, 4) is 0 Å². The molecule has 1 saturated carbocycles. The first kappa shape index (κ1) is 21.6. The third kappa shape index (κ3) is 7.43. The van der Waals surface area contributed by atoms with E-state index in [9.17, 15) is 13.2 Å². The summed E-state index contributed by atoms with van der Waals surface area (Å²) in [5.74, 6) is 0.684. The van der Waals surface area contributed by atoms with E-state index < -0.39 is 11.9 Å². The van der Waals surface area contributed by atoms with Crippen molar-refractivity contribution in [3.63, 3.8) is 0 Å². The summed E-state index contributed by atoms with van der Waals surface area (Å²) < 4.78 is 38.0. The molecule has 0 spiro atoms. The topological polar surface area (TPSA) is 74.2 Å². The van der Waals surface area contributed by atoms with E-state index in [0.29, 0.717) is 24.4 Å². The Labute approximate surface area is 162 Å². The second kappa shape index (κ2) is 10.6. The van der Waals surface area contributed by atoms with Crippen molar-refractivity contribution >= 4 is 23.7 Å². The molecule has 0 saturated heterocycles. The van der Waals surface area contributed by atoms with Crippen LogP contribution in [0, 0.1) is 0 Å². The number of anilines is 1. The Balaban J connectivity index is 1.84. The fourth-order valence-electron chi connectivity index (χ4n) is 2.94. The lowest BCUT2D eigenvalue weighted by Crippen LogP contribution is -2.45. The van der Waals surface area contributed by atoms with E-state index in [2.05, 4.69) is 37.2 Å². The number of alkyl halides is 3. The summed E-state index contributed by atoms with van der Waals surface area (Å²) in [4.78, 5) is 11.8. The summed E-state index contributed by atoms with van der Waals surface area (Å²) >= 11 is 1.91. The van der Waals surface area contributed by atoms with Gasteiger partial charge in [0.05, 0.1) is 6.54 Å². The van der Waals surface area contributed by atoms with Gasteiger partial charge in [-0.05, 0) is 38.5 Å². The van der Waals surface area contributed by atoms with Crippen LogP contribution in [-0.4, -0.2) is 53.1 Å². The fraction of sp³-hybridized carbons (Fsp3) is 0.706. The molecule has 2 rings (SSSR count). The van der Waals surface area contributed by atoms with Crippen LogP contribution in [0.3, 0.4) is 0 Å². The van der Waals surface area contributed by atoms with E-state index in [1.807, 2.05) is 18.7 Å². The molecule has 1 heterocycles. The standard InChI is InChI=1S/C17H27F3N6S/c1-3-21-15(25-12-5-4-6-13(11-12)27-2)23-9-10-24-16-22-8-7-14(26-16)17(18,19)20/h7-8,12-13H,3-6,9-11H2,1-2H3,(H2,21,23,25)(H,22,24,26). The number of rotatable bonds is 7. The van der Waals surface area contributed by atoms with Crippen LogP contribution < -0.4 is 16.0 Å². The quantitative estimate of drug-likeness (QED) is 0.368. The first-order chi connectivity index (χ1) is 12.9. The average molecular weight is 405 g/mol. The predicted octanol–water partition coefficient (Wildman–Crippen LogP) is 3.14. The average Bonchev–Trinajstić information content (AvgIpc) is 2.65. The molecule has 1 aliphatic carbocycles. The number of halogens is 3. The molecule has 1 aromatic heterocycles. The van der Waals surface area contributed by atoms with Gasteiger partial charge in [0.25, 0.3) is 0 Å². The van der Waals surface area contributed by atoms with Crippen LogP contribution >= 0.6 is 11.8 Å². The summed E-state index contributed by atoms with van der Waals surface area (Å²) in [6, 6.07) is 1.25. The van der Waals surface area contributed by atoms with Crippen molar-refractivity contribution in [2.45, 2.75) is 50.1 Å². The second-order valence-corrected chi connectivity index (χ2v) is 7.45. The SMILES string of the molecule is CCNC(=NCCNc1nccc(C(F)(F)F)n1)NC1CCCC(SC)C1. The Morgan fingerprint density at radius 2 is 2.19 bits per heavy atom. The minimum absolute atomic E-state index is 0.0481. The molecule has 3 N–H and O–H groups in total. The van der Waals surface area contributed by atoms with Crippen LogP contribution in [0.4, 0.5) is 19.1 Å². The van der Waals surface area contributed by atoms with Gasteiger partial charge >= 0.3 is 6.18 Å². The number of guanidine groups is 1. The maximum absolute atomic E-state index is 12.7. The van der Waals surface area contributed by atoms with Crippen LogP contribution in [0.25, 0.3) is 0 Å². The number of nitrogens with zero attached hydrogens (tertiary/aromatic N) is 3. The number of hydrogen-bond donors (Lipinski definition) is 3. The zero-order chi connectivity index (χ0) is 19.7. The van der Waals surface area contributed by atoms with Crippen molar-refractivity contribution in [1.82, 2.24) is 20.6 Å². The van der Waals surface area contributed by atoms with Crippen LogP contribution in [0.1, 0.15) is 38.3 Å². The van der Waals surface area contributed by atoms with Gasteiger partial charge in [0.1, 0.15) is 5.69 Å². The van der Waals surface area contributed by atoms with Crippen molar-refractivity contribution in [1.29, 1.82) is 0 Å². The van der Waals surface area contributed by atoms with E-state index >= 15 is 0 Å². The molecule has 0 radical (unpaired) electrons. The third-order valence-electron chi connectivity index (χ3n) is 4.26. The van der Waals surface area contributed by atoms with Gasteiger partial charge in [-0.2, -0.15) is 24.9 Å². The monoisotopic (exact) mass is 404 g/mol. The Morgan fingerprint density at radius 1 is 1.37 bits per heavy atom. The Kier molecular flexibility index (Phi) is 8.46. The van der Waals surface area contributed by atoms with Gasteiger partial charge < -0.3 is 16.0 Å². The van der Waals surface area contributed by atoms with Crippen molar-refractivity contribution in [2.75, 3.05) is 31.2 Å². The zero-order valence-corrected chi connectivity index (χ0v) is 16.5. The lowest BCUT2D eigenvalue weighted by atomic mass is 9.95. The van der Waals surface area contributed by atoms with Crippen LogP contribution in [0.5, 0.6) is 0 Å². The molecular weight excluding hydrogens is 377 g/mol. The number of aliphatic imine (C=N–C) groups is 1. The highest BCUT2D eigenvalue weighted by atomic mass is 32.2. The molecule has 0 aliphatic heterocycles. The number of nitrogens with one attached hydrogen (secondary N) is 3. The molecule has 2 unspecified atom stereocenters. The minimum atomic E-state index is -4.48. The maximum atomic E-state index is 12.7. The normalized spacial score (nSPS) is 21.0. The molecule has 0 aromatic carbocycles. The molecule has 1 aliphatic rings. The Morgan fingerprint density at radius 3 is 2.89 bits per heavy atom. The fourth-order valence-corrected chi connectivity index (χ4v) is 3.77. The smallest absolute Gasteiger partial charge is 0.357 e. The van der Waals surface area contributed by atoms with Gasteiger partial charge in [-0.15, -0.1) is 0 Å². The Bertz CT molecular complexity index is 611. The van der Waals surface area contributed by atoms with Crippen molar-refractivity contribution < 1.29 is 13.2 Å². The Hall–Kier alpha value is -1.71. The van der Waals surface area contributed by atoms with E-state index in [1.165, 1.54) is 12.8 Å². The molecule has 0 amide bonds. The molecule has 1 fully saturated rings. The van der Waals surface area contributed by atoms with E-state index in [4.69, 9.17) is 0 Å². The largest absolute Gasteiger partial charge is 0.433 e. The van der Waals surface area contributed by atoms with Gasteiger partial charge in [-0.25, -0.2) is 9.97 Å². The highest BCUT2D eigenvalue weighted by molar-refractivity contribution is 7.99. The molecule has 27 heavy (non-hydrogen) atoms. The third-order valence-corrected chi connectivity index (χ3v) is 5.35. The molecule has 152 valence electrons. The molecule has 2 atom stereocenters. The lowest BCUT2D eigenvalue weighted by Gasteiger charge is -2.29. The van der Waals surface area contributed by atoms with Gasteiger partial charge in [0.15, 0.2) is 5.96 Å². The first-order valence-corrected chi connectivity index (χ1v) is 10.4. The van der Waals surface area contributed by atoms with E-state index in [-0.39, 0.29) is 5.95 Å². The molecule has 0 bridgehead atoms. The maximum Gasteiger partial charge on any atom is 0.433 e. The predicted molar refractivity (Wildman–Crippen MR) is 104 cm³/mol. The van der Waals surface area contributed by atoms with Crippen LogP contribution in [0.2, 0.25) is 0 Å². The summed E-state index contributed by atoms with van der Waals surface area (Å²) in [5, 5.41) is 10.1. The first-order valence-electron chi connectivity index (χ1n) is 9.14. The molecule has 1 aromatic rings. The molecular formula is C17H27F3N6S. The van der Waals surface area contributed by atoms with Crippen molar-refractivity contribution in [2.24, 2.45) is 4.99 Å². The highest BCUT2D eigenvalue weighted by Crippen LogP contribution is 2.28. The summed E-state index contributed by atoms with van der Waals surface area (Å²) in [6.07, 6.45) is 3.46. The summed E-state index contributed by atoms with van der Waals surface area (Å²) in [5.41, 5.74) is -0.959. The van der Waals surface area contributed by atoms with Gasteiger partial charge in [0, 0.05) is 30.6 Å². The summed E-state index contributed by atoms with van der Waals surface area (Å²) in [6.45, 7) is 3.48. The minimum Gasteiger partial charge on any atom is -0.357 e. The second-order valence-electron chi connectivity index (χ2n) is 6.32. The lowest BCUT2D eigenvalue weighted by molar-refractivity contribution is -0.141. The molecule has 10 heteroatoms. The van der Waals surface area contributed by atoms with Gasteiger partial charge in [-0.3, -0.25) is 4.99 Å². The van der Waals surface area contributed by atoms with E-state index in [1.54, 1.807) is 0 Å². The number of aromatic nitrogens is 2. The van der Waals surface area contributed by atoms with Crippen molar-refractivity contribution in [3.05, 3.63) is 18.0 Å². The number of thioether (sulfide) groups is 1. The van der Waals surface area contributed by atoms with Gasteiger partial charge in [-0.1, -0.05) is 6.42 Å². The van der Waals surface area contributed by atoms with E-state index in [0.717, 1.165) is 37.6 Å². The highest BCUT2D eigenvalue weighted by Gasteiger charge is 2.32. The summed E-state index contributed by atoms with van der Waals surface area (Å²) in [7, 11) is 0.